The second kappa shape index (κ2) is 5.83. The van der Waals surface area contributed by atoms with Gasteiger partial charge in [-0.15, -0.1) is 0 Å². The second-order valence-electron chi connectivity index (χ2n) is 6.01. The fraction of sp³-hybridized carbons (Fsp3) is 0.412. The first-order chi connectivity index (χ1) is 10.6. The highest BCUT2D eigenvalue weighted by Crippen LogP contribution is 2.21. The molecule has 0 unspecified atom stereocenters. The molecule has 1 saturated heterocycles. The first-order valence-corrected chi connectivity index (χ1v) is 7.79. The normalized spacial score (nSPS) is 15.1. The lowest BCUT2D eigenvalue weighted by Crippen LogP contribution is -2.35. The third kappa shape index (κ3) is 2.71. The number of aromatic nitrogens is 2. The van der Waals surface area contributed by atoms with Crippen molar-refractivity contribution in [1.29, 1.82) is 0 Å². The van der Waals surface area contributed by atoms with Gasteiger partial charge < -0.3 is 10.6 Å². The van der Waals surface area contributed by atoms with Crippen molar-refractivity contribution in [1.82, 2.24) is 14.7 Å². The molecule has 2 N–H and O–H groups in total. The summed E-state index contributed by atoms with van der Waals surface area (Å²) >= 11 is 0. The number of piperidine rings is 1. The van der Waals surface area contributed by atoms with Gasteiger partial charge in [-0.1, -0.05) is 17.7 Å². The maximum absolute atomic E-state index is 12.5. The van der Waals surface area contributed by atoms with Gasteiger partial charge >= 0.3 is 0 Å². The lowest BCUT2D eigenvalue weighted by molar-refractivity contribution is 0.0718. The third-order valence-electron chi connectivity index (χ3n) is 4.18. The Morgan fingerprint density at radius 1 is 1.14 bits per heavy atom. The largest absolute Gasteiger partial charge is 0.384 e. The highest BCUT2D eigenvalue weighted by molar-refractivity contribution is 5.93. The minimum absolute atomic E-state index is 0.0186. The number of rotatable bonds is 2. The number of benzene rings is 1. The van der Waals surface area contributed by atoms with Gasteiger partial charge in [0.25, 0.3) is 5.91 Å². The van der Waals surface area contributed by atoms with E-state index in [4.69, 9.17) is 5.73 Å². The molecule has 0 atom stereocenters. The number of aryl methyl sites for hydroxylation is 2. The maximum Gasteiger partial charge on any atom is 0.274 e. The van der Waals surface area contributed by atoms with Gasteiger partial charge in [0.2, 0.25) is 0 Å². The number of nitrogens with two attached hydrogens (primary N) is 1. The standard InChI is InChI=1S/C17H22N4O/c1-12-6-7-15(13(2)10-12)21-16(18)11-14(19-21)17(22)20-8-4-3-5-9-20/h6-7,10-11H,3-5,8-9,18H2,1-2H3. The van der Waals surface area contributed by atoms with Gasteiger partial charge in [-0.3, -0.25) is 4.79 Å². The molecular formula is C17H22N4O. The summed E-state index contributed by atoms with van der Waals surface area (Å²) in [6.07, 6.45) is 3.33. The molecule has 3 rings (SSSR count). The van der Waals surface area contributed by atoms with Crippen LogP contribution in [0.1, 0.15) is 40.9 Å². The molecule has 0 aliphatic carbocycles. The summed E-state index contributed by atoms with van der Waals surface area (Å²) in [6, 6.07) is 7.78. The van der Waals surface area contributed by atoms with Crippen molar-refractivity contribution in [2.45, 2.75) is 33.1 Å². The fourth-order valence-corrected chi connectivity index (χ4v) is 3.00. The summed E-state index contributed by atoms with van der Waals surface area (Å²) in [5.41, 5.74) is 9.71. The number of hydrogen-bond acceptors (Lipinski definition) is 3. The van der Waals surface area contributed by atoms with Crippen LogP contribution in [0.15, 0.2) is 24.3 Å². The van der Waals surface area contributed by atoms with Crippen molar-refractivity contribution in [3.63, 3.8) is 0 Å². The Kier molecular flexibility index (Phi) is 3.88. The highest BCUT2D eigenvalue weighted by atomic mass is 16.2. The first-order valence-electron chi connectivity index (χ1n) is 7.79. The summed E-state index contributed by atoms with van der Waals surface area (Å²) in [5.74, 6) is 0.474. The van der Waals surface area contributed by atoms with Crippen LogP contribution in [0.3, 0.4) is 0 Å². The number of amides is 1. The van der Waals surface area contributed by atoms with Crippen molar-refractivity contribution in [3.8, 4) is 5.69 Å². The average molecular weight is 298 g/mol. The number of hydrogen-bond donors (Lipinski definition) is 1. The number of likely N-dealkylation sites (tertiary alicyclic amines) is 1. The molecule has 0 saturated carbocycles. The first kappa shape index (κ1) is 14.6. The van der Waals surface area contributed by atoms with Crippen LogP contribution in [0.2, 0.25) is 0 Å². The molecule has 0 spiro atoms. The van der Waals surface area contributed by atoms with E-state index in [0.717, 1.165) is 37.2 Å². The summed E-state index contributed by atoms with van der Waals surface area (Å²) in [5, 5.41) is 4.45. The summed E-state index contributed by atoms with van der Waals surface area (Å²) in [6.45, 7) is 5.70. The molecule has 1 amide bonds. The van der Waals surface area contributed by atoms with E-state index >= 15 is 0 Å². The molecule has 1 aliphatic rings. The third-order valence-corrected chi connectivity index (χ3v) is 4.18. The van der Waals surface area contributed by atoms with Gasteiger partial charge in [0.15, 0.2) is 5.69 Å². The van der Waals surface area contributed by atoms with E-state index in [-0.39, 0.29) is 5.91 Å². The van der Waals surface area contributed by atoms with Crippen LogP contribution >= 0.6 is 0 Å². The summed E-state index contributed by atoms with van der Waals surface area (Å²) in [7, 11) is 0. The Hall–Kier alpha value is -2.30. The van der Waals surface area contributed by atoms with Crippen LogP contribution in [0.25, 0.3) is 5.69 Å². The van der Waals surface area contributed by atoms with Crippen LogP contribution in [-0.2, 0) is 0 Å². The zero-order valence-corrected chi connectivity index (χ0v) is 13.2. The number of carbonyl (C=O) groups is 1. The lowest BCUT2D eigenvalue weighted by Gasteiger charge is -2.25. The van der Waals surface area contributed by atoms with E-state index in [2.05, 4.69) is 18.1 Å². The van der Waals surface area contributed by atoms with Crippen molar-refractivity contribution >= 4 is 11.7 Å². The number of anilines is 1. The van der Waals surface area contributed by atoms with Crippen LogP contribution in [0.4, 0.5) is 5.82 Å². The van der Waals surface area contributed by atoms with Crippen LogP contribution in [0.5, 0.6) is 0 Å². The van der Waals surface area contributed by atoms with E-state index in [1.54, 1.807) is 10.7 Å². The van der Waals surface area contributed by atoms with Gasteiger partial charge in [0, 0.05) is 19.2 Å². The fourth-order valence-electron chi connectivity index (χ4n) is 3.00. The zero-order valence-electron chi connectivity index (χ0n) is 13.2. The second-order valence-corrected chi connectivity index (χ2v) is 6.01. The highest BCUT2D eigenvalue weighted by Gasteiger charge is 2.22. The molecular weight excluding hydrogens is 276 g/mol. The predicted octanol–water partition coefficient (Wildman–Crippen LogP) is 2.70. The molecule has 2 heterocycles. The van der Waals surface area contributed by atoms with Gasteiger partial charge in [0.05, 0.1) is 5.69 Å². The van der Waals surface area contributed by atoms with Gasteiger partial charge in [-0.05, 0) is 44.7 Å². The smallest absolute Gasteiger partial charge is 0.274 e. The predicted molar refractivity (Wildman–Crippen MR) is 87.2 cm³/mol. The van der Waals surface area contributed by atoms with E-state index < -0.39 is 0 Å². The minimum atomic E-state index is -0.0186. The molecule has 5 heteroatoms. The Morgan fingerprint density at radius 3 is 2.55 bits per heavy atom. The quantitative estimate of drug-likeness (QED) is 0.927. The molecule has 0 radical (unpaired) electrons. The van der Waals surface area contributed by atoms with Crippen LogP contribution in [0, 0.1) is 13.8 Å². The van der Waals surface area contributed by atoms with E-state index in [0.29, 0.717) is 11.5 Å². The lowest BCUT2D eigenvalue weighted by atomic mass is 10.1. The van der Waals surface area contributed by atoms with Gasteiger partial charge in [0.1, 0.15) is 5.82 Å². The van der Waals surface area contributed by atoms with Crippen molar-refractivity contribution in [3.05, 3.63) is 41.1 Å². The number of carbonyl (C=O) groups excluding carboxylic acids is 1. The molecule has 2 aromatic rings. The molecule has 0 bridgehead atoms. The number of nitrogen functional groups attached to an aromatic ring is 1. The summed E-state index contributed by atoms with van der Waals surface area (Å²) in [4.78, 5) is 14.4. The molecule has 1 aliphatic heterocycles. The van der Waals surface area contributed by atoms with E-state index in [1.807, 2.05) is 24.0 Å². The Bertz CT molecular complexity index is 699. The molecule has 22 heavy (non-hydrogen) atoms. The Morgan fingerprint density at radius 2 is 1.86 bits per heavy atom. The van der Waals surface area contributed by atoms with Crippen molar-refractivity contribution < 1.29 is 4.79 Å². The molecule has 1 fully saturated rings. The van der Waals surface area contributed by atoms with Crippen LogP contribution in [-0.4, -0.2) is 33.7 Å². The van der Waals surface area contributed by atoms with Gasteiger partial charge in [-0.25, -0.2) is 4.68 Å². The van der Waals surface area contributed by atoms with Gasteiger partial charge in [-0.2, -0.15) is 5.10 Å². The Balaban J connectivity index is 1.91. The van der Waals surface area contributed by atoms with Crippen LogP contribution < -0.4 is 5.73 Å². The monoisotopic (exact) mass is 298 g/mol. The molecule has 116 valence electrons. The maximum atomic E-state index is 12.5. The average Bonchev–Trinajstić information content (AvgIpc) is 2.89. The molecule has 1 aromatic heterocycles. The topological polar surface area (TPSA) is 64.2 Å². The molecule has 5 nitrogen and oxygen atoms in total. The van der Waals surface area contributed by atoms with Crippen molar-refractivity contribution in [2.75, 3.05) is 18.8 Å². The number of nitrogens with zero attached hydrogens (tertiary/aromatic N) is 3. The zero-order chi connectivity index (χ0) is 15.7. The minimum Gasteiger partial charge on any atom is -0.384 e. The molecule has 1 aromatic carbocycles. The Labute approximate surface area is 130 Å². The van der Waals surface area contributed by atoms with E-state index in [1.165, 1.54) is 12.0 Å². The van der Waals surface area contributed by atoms with E-state index in [9.17, 15) is 4.79 Å². The van der Waals surface area contributed by atoms with Crippen molar-refractivity contribution in [2.24, 2.45) is 0 Å². The SMILES string of the molecule is Cc1ccc(-n2nc(C(=O)N3CCCCC3)cc2N)c(C)c1. The summed E-state index contributed by atoms with van der Waals surface area (Å²) < 4.78 is 1.66.